The van der Waals surface area contributed by atoms with Crippen LogP contribution in [0, 0.1) is 6.92 Å². The summed E-state index contributed by atoms with van der Waals surface area (Å²) in [6.45, 7) is 1.80. The van der Waals surface area contributed by atoms with E-state index in [1.54, 1.807) is 45.3 Å². The molecule has 1 aromatic carbocycles. The maximum atomic E-state index is 8.83. The zero-order chi connectivity index (χ0) is 15.1. The third-order valence-electron chi connectivity index (χ3n) is 2.39. The Hall–Kier alpha value is -2.63. The summed E-state index contributed by atoms with van der Waals surface area (Å²) in [5.41, 5.74) is 7.05. The standard InChI is InChI=1S/C7H11N3O.C7H8O2/c1-9-7-5(8)3-4-6(10-7)11-2;1-5-2-6(8)4-7(9)3-5/h3-4H,8H2,1-2H3,(H,9,10);2-4,8-9H,1H3. The Balaban J connectivity index is 0.000000204. The summed E-state index contributed by atoms with van der Waals surface area (Å²) in [5.74, 6) is 1.41. The number of phenolic OH excluding ortho intramolecular Hbond substituents is 2. The molecule has 1 heterocycles. The molecule has 2 rings (SSSR count). The zero-order valence-electron chi connectivity index (χ0n) is 11.7. The van der Waals surface area contributed by atoms with Gasteiger partial charge in [0.05, 0.1) is 12.8 Å². The zero-order valence-corrected chi connectivity index (χ0v) is 11.7. The van der Waals surface area contributed by atoms with Crippen LogP contribution in [-0.4, -0.2) is 29.4 Å². The minimum Gasteiger partial charge on any atom is -0.508 e. The lowest BCUT2D eigenvalue weighted by molar-refractivity contribution is 0.398. The summed E-state index contributed by atoms with van der Waals surface area (Å²) in [6.07, 6.45) is 0. The second-order valence-electron chi connectivity index (χ2n) is 4.07. The summed E-state index contributed by atoms with van der Waals surface area (Å²) in [6, 6.07) is 7.93. The first kappa shape index (κ1) is 15.4. The number of hydrogen-bond donors (Lipinski definition) is 4. The molecule has 0 aliphatic heterocycles. The lowest BCUT2D eigenvalue weighted by Crippen LogP contribution is -1.99. The molecule has 0 saturated carbocycles. The average Bonchev–Trinajstić information content (AvgIpc) is 2.38. The van der Waals surface area contributed by atoms with E-state index >= 15 is 0 Å². The van der Waals surface area contributed by atoms with Crippen molar-refractivity contribution in [3.63, 3.8) is 0 Å². The normalized spacial score (nSPS) is 9.35. The van der Waals surface area contributed by atoms with Gasteiger partial charge in [-0.15, -0.1) is 0 Å². The largest absolute Gasteiger partial charge is 0.508 e. The SMILES string of the molecule is CNc1nc(OC)ccc1N.Cc1cc(O)cc(O)c1. The fourth-order valence-electron chi connectivity index (χ4n) is 1.51. The number of nitrogen functional groups attached to an aromatic ring is 1. The first-order chi connectivity index (χ1) is 9.46. The smallest absolute Gasteiger partial charge is 0.215 e. The number of nitrogens with zero attached hydrogens (tertiary/aromatic N) is 1. The Labute approximate surface area is 117 Å². The third-order valence-corrected chi connectivity index (χ3v) is 2.39. The predicted molar refractivity (Wildman–Crippen MR) is 79.3 cm³/mol. The number of phenols is 2. The summed E-state index contributed by atoms with van der Waals surface area (Å²) in [7, 11) is 3.33. The molecule has 5 N–H and O–H groups in total. The van der Waals surface area contributed by atoms with E-state index in [4.69, 9.17) is 20.7 Å². The molecule has 0 bridgehead atoms. The molecule has 2 aromatic rings. The van der Waals surface area contributed by atoms with E-state index in [1.807, 2.05) is 0 Å². The van der Waals surface area contributed by atoms with E-state index in [1.165, 1.54) is 6.07 Å². The van der Waals surface area contributed by atoms with Crippen LogP contribution in [-0.2, 0) is 0 Å². The van der Waals surface area contributed by atoms with Gasteiger partial charge in [-0.1, -0.05) is 0 Å². The molecule has 0 spiro atoms. The van der Waals surface area contributed by atoms with Crippen LogP contribution in [0.1, 0.15) is 5.56 Å². The number of rotatable bonds is 2. The lowest BCUT2D eigenvalue weighted by Gasteiger charge is -2.04. The number of ether oxygens (including phenoxy) is 1. The van der Waals surface area contributed by atoms with Gasteiger partial charge in [0.15, 0.2) is 5.82 Å². The molecule has 0 fully saturated rings. The molecule has 6 heteroatoms. The molecule has 0 aliphatic rings. The van der Waals surface area contributed by atoms with Crippen LogP contribution in [0.15, 0.2) is 30.3 Å². The van der Waals surface area contributed by atoms with Gasteiger partial charge in [-0.05, 0) is 30.7 Å². The van der Waals surface area contributed by atoms with Crippen molar-refractivity contribution in [2.75, 3.05) is 25.2 Å². The van der Waals surface area contributed by atoms with Gasteiger partial charge in [0, 0.05) is 19.2 Å². The average molecular weight is 277 g/mol. The summed E-state index contributed by atoms with van der Waals surface area (Å²) in [4.78, 5) is 4.05. The first-order valence-electron chi connectivity index (χ1n) is 5.94. The second-order valence-corrected chi connectivity index (χ2v) is 4.07. The predicted octanol–water partition coefficient (Wildman–Crippen LogP) is 2.12. The van der Waals surface area contributed by atoms with E-state index in [0.717, 1.165) is 5.56 Å². The van der Waals surface area contributed by atoms with Crippen LogP contribution in [0.2, 0.25) is 0 Å². The molecule has 0 aliphatic carbocycles. The Morgan fingerprint density at radius 2 is 1.75 bits per heavy atom. The van der Waals surface area contributed by atoms with Crippen molar-refractivity contribution >= 4 is 11.5 Å². The maximum Gasteiger partial charge on any atom is 0.215 e. The highest BCUT2D eigenvalue weighted by molar-refractivity contribution is 5.61. The number of nitrogens with one attached hydrogen (secondary N) is 1. The van der Waals surface area contributed by atoms with Gasteiger partial charge >= 0.3 is 0 Å². The van der Waals surface area contributed by atoms with E-state index < -0.39 is 0 Å². The van der Waals surface area contributed by atoms with E-state index in [9.17, 15) is 0 Å². The first-order valence-corrected chi connectivity index (χ1v) is 5.94. The minimum absolute atomic E-state index is 0.104. The Bertz CT molecular complexity index is 523. The van der Waals surface area contributed by atoms with Crippen LogP contribution < -0.4 is 15.8 Å². The monoisotopic (exact) mass is 277 g/mol. The highest BCUT2D eigenvalue weighted by Crippen LogP contribution is 2.19. The van der Waals surface area contributed by atoms with Crippen LogP contribution in [0.3, 0.4) is 0 Å². The van der Waals surface area contributed by atoms with Crippen LogP contribution in [0.4, 0.5) is 11.5 Å². The quantitative estimate of drug-likeness (QED) is 0.671. The maximum absolute atomic E-state index is 8.83. The molecule has 0 unspecified atom stereocenters. The van der Waals surface area contributed by atoms with E-state index in [0.29, 0.717) is 17.4 Å². The summed E-state index contributed by atoms with van der Waals surface area (Å²) in [5, 5.41) is 20.5. The van der Waals surface area contributed by atoms with Gasteiger partial charge < -0.3 is 26.0 Å². The number of hydrogen-bond acceptors (Lipinski definition) is 6. The van der Waals surface area contributed by atoms with Crippen molar-refractivity contribution < 1.29 is 14.9 Å². The van der Waals surface area contributed by atoms with Gasteiger partial charge in [0.2, 0.25) is 5.88 Å². The van der Waals surface area contributed by atoms with Gasteiger partial charge in [-0.2, -0.15) is 4.98 Å². The van der Waals surface area contributed by atoms with Gasteiger partial charge in [0.25, 0.3) is 0 Å². The van der Waals surface area contributed by atoms with Gasteiger partial charge in [0.1, 0.15) is 11.5 Å². The Kier molecular flexibility index (Phi) is 5.46. The number of benzene rings is 1. The second kappa shape index (κ2) is 7.08. The molecular weight excluding hydrogens is 258 g/mol. The summed E-state index contributed by atoms with van der Waals surface area (Å²) >= 11 is 0. The number of aromatic nitrogens is 1. The Morgan fingerprint density at radius 3 is 2.20 bits per heavy atom. The molecule has 1 aromatic heterocycles. The molecule has 0 radical (unpaired) electrons. The Morgan fingerprint density at radius 1 is 1.15 bits per heavy atom. The fourth-order valence-corrected chi connectivity index (χ4v) is 1.51. The molecule has 6 nitrogen and oxygen atoms in total. The molecule has 0 saturated heterocycles. The highest BCUT2D eigenvalue weighted by Gasteiger charge is 1.99. The molecule has 0 amide bonds. The van der Waals surface area contributed by atoms with Crippen molar-refractivity contribution in [3.05, 3.63) is 35.9 Å². The van der Waals surface area contributed by atoms with Gasteiger partial charge in [-0.25, -0.2) is 0 Å². The lowest BCUT2D eigenvalue weighted by atomic mass is 10.2. The van der Waals surface area contributed by atoms with Crippen LogP contribution in [0.5, 0.6) is 17.4 Å². The van der Waals surface area contributed by atoms with E-state index in [2.05, 4.69) is 10.3 Å². The van der Waals surface area contributed by atoms with Crippen LogP contribution in [0.25, 0.3) is 0 Å². The number of aryl methyl sites for hydroxylation is 1. The van der Waals surface area contributed by atoms with Crippen molar-refractivity contribution in [3.8, 4) is 17.4 Å². The van der Waals surface area contributed by atoms with Crippen molar-refractivity contribution in [1.29, 1.82) is 0 Å². The van der Waals surface area contributed by atoms with Crippen LogP contribution >= 0.6 is 0 Å². The third kappa shape index (κ3) is 4.56. The highest BCUT2D eigenvalue weighted by atomic mass is 16.5. The number of anilines is 2. The molecular formula is C14H19N3O3. The number of nitrogens with two attached hydrogens (primary N) is 1. The molecule has 108 valence electrons. The number of methoxy groups -OCH3 is 1. The van der Waals surface area contributed by atoms with Gasteiger partial charge in [-0.3, -0.25) is 0 Å². The minimum atomic E-state index is 0.104. The van der Waals surface area contributed by atoms with E-state index in [-0.39, 0.29) is 11.5 Å². The number of aromatic hydroxyl groups is 2. The molecule has 20 heavy (non-hydrogen) atoms. The topological polar surface area (TPSA) is 101 Å². The molecule has 0 atom stereocenters. The van der Waals surface area contributed by atoms with Crippen molar-refractivity contribution in [2.24, 2.45) is 0 Å². The fraction of sp³-hybridized carbons (Fsp3) is 0.214. The van der Waals surface area contributed by atoms with Crippen molar-refractivity contribution in [1.82, 2.24) is 4.98 Å². The number of pyridine rings is 1. The van der Waals surface area contributed by atoms with Crippen molar-refractivity contribution in [2.45, 2.75) is 6.92 Å². The summed E-state index contributed by atoms with van der Waals surface area (Å²) < 4.78 is 4.90.